The maximum Gasteiger partial charge on any atom is 0.167 e. The molecule has 1 unspecified atom stereocenters. The molecular weight excluding hydrogens is 278 g/mol. The summed E-state index contributed by atoms with van der Waals surface area (Å²) in [5, 5.41) is 7.77. The summed E-state index contributed by atoms with van der Waals surface area (Å²) in [5.74, 6) is 0. The van der Waals surface area contributed by atoms with E-state index < -0.39 is 0 Å². The third-order valence-electron chi connectivity index (χ3n) is 4.00. The minimum absolute atomic E-state index is 0.227. The van der Waals surface area contributed by atoms with Crippen LogP contribution in [0.3, 0.4) is 0 Å². The molecule has 0 spiro atoms. The second kappa shape index (κ2) is 8.35. The Morgan fingerprint density at radius 3 is 2.48 bits per heavy atom. The summed E-state index contributed by atoms with van der Waals surface area (Å²) in [6.07, 6.45) is 6.49. The van der Waals surface area contributed by atoms with Gasteiger partial charge in [-0.1, -0.05) is 49.6 Å². The lowest BCUT2D eigenvalue weighted by molar-refractivity contribution is 0.358. The Balaban J connectivity index is 1.92. The fourth-order valence-electron chi connectivity index (χ4n) is 2.92. The van der Waals surface area contributed by atoms with Crippen LogP contribution in [0.1, 0.15) is 43.7 Å². The predicted octanol–water partition coefficient (Wildman–Crippen LogP) is 3.09. The first-order valence-corrected chi connectivity index (χ1v) is 8.32. The molecule has 3 nitrogen and oxygen atoms in total. The van der Waals surface area contributed by atoms with Crippen LogP contribution in [0.2, 0.25) is 0 Å². The molecule has 1 aromatic rings. The first-order valence-electron chi connectivity index (χ1n) is 7.92. The van der Waals surface area contributed by atoms with E-state index in [1.807, 2.05) is 0 Å². The molecule has 4 heteroatoms. The van der Waals surface area contributed by atoms with Crippen molar-refractivity contribution in [3.05, 3.63) is 35.9 Å². The molecule has 0 saturated heterocycles. The number of benzene rings is 1. The van der Waals surface area contributed by atoms with Crippen LogP contribution >= 0.6 is 12.2 Å². The summed E-state index contributed by atoms with van der Waals surface area (Å²) < 4.78 is 0. The maximum atomic E-state index is 5.52. The van der Waals surface area contributed by atoms with Crippen LogP contribution in [-0.2, 0) is 0 Å². The number of nitrogens with one attached hydrogen (secondary N) is 2. The van der Waals surface area contributed by atoms with Crippen molar-refractivity contribution in [2.75, 3.05) is 20.6 Å². The van der Waals surface area contributed by atoms with Crippen LogP contribution in [0, 0.1) is 0 Å². The van der Waals surface area contributed by atoms with Crippen molar-refractivity contribution >= 4 is 17.3 Å². The molecule has 0 amide bonds. The van der Waals surface area contributed by atoms with Crippen LogP contribution < -0.4 is 10.6 Å². The van der Waals surface area contributed by atoms with Crippen molar-refractivity contribution in [3.63, 3.8) is 0 Å². The number of thiocarbonyl (C=S) groups is 1. The van der Waals surface area contributed by atoms with E-state index in [-0.39, 0.29) is 6.04 Å². The molecule has 0 bridgehead atoms. The van der Waals surface area contributed by atoms with Gasteiger partial charge in [0, 0.05) is 12.6 Å². The monoisotopic (exact) mass is 305 g/mol. The topological polar surface area (TPSA) is 27.3 Å². The number of rotatable bonds is 5. The molecule has 1 saturated carbocycles. The first-order chi connectivity index (χ1) is 10.1. The maximum absolute atomic E-state index is 5.52. The minimum atomic E-state index is 0.227. The lowest BCUT2D eigenvalue weighted by Gasteiger charge is -2.28. The van der Waals surface area contributed by atoms with Crippen LogP contribution in [-0.4, -0.2) is 36.7 Å². The van der Waals surface area contributed by atoms with Crippen molar-refractivity contribution in [1.82, 2.24) is 15.5 Å². The van der Waals surface area contributed by atoms with E-state index in [1.165, 1.54) is 37.7 Å². The van der Waals surface area contributed by atoms with Gasteiger partial charge in [0.05, 0.1) is 6.04 Å². The fourth-order valence-corrected chi connectivity index (χ4v) is 3.23. The normalized spacial score (nSPS) is 17.5. The number of likely N-dealkylation sites (N-methyl/N-ethyl adjacent to an activating group) is 1. The van der Waals surface area contributed by atoms with Gasteiger partial charge in [-0.05, 0) is 44.7 Å². The average molecular weight is 305 g/mol. The zero-order valence-electron chi connectivity index (χ0n) is 13.1. The zero-order valence-corrected chi connectivity index (χ0v) is 14.0. The van der Waals surface area contributed by atoms with E-state index in [9.17, 15) is 0 Å². The van der Waals surface area contributed by atoms with Crippen LogP contribution in [0.15, 0.2) is 30.3 Å². The summed E-state index contributed by atoms with van der Waals surface area (Å²) in [6.45, 7) is 0.927. The third-order valence-corrected chi connectivity index (χ3v) is 4.23. The molecule has 0 aliphatic heterocycles. The van der Waals surface area contributed by atoms with Crippen LogP contribution in [0.4, 0.5) is 0 Å². The van der Waals surface area contributed by atoms with Crippen molar-refractivity contribution in [3.8, 4) is 0 Å². The van der Waals surface area contributed by atoms with E-state index in [4.69, 9.17) is 12.2 Å². The van der Waals surface area contributed by atoms with Gasteiger partial charge < -0.3 is 15.5 Å². The Morgan fingerprint density at radius 2 is 1.86 bits per heavy atom. The van der Waals surface area contributed by atoms with Gasteiger partial charge in [0.2, 0.25) is 0 Å². The molecule has 116 valence electrons. The molecule has 0 radical (unpaired) electrons. The summed E-state index contributed by atoms with van der Waals surface area (Å²) in [5.41, 5.74) is 1.28. The van der Waals surface area contributed by atoms with Gasteiger partial charge in [-0.3, -0.25) is 0 Å². The molecule has 1 aliphatic rings. The Morgan fingerprint density at radius 1 is 1.19 bits per heavy atom. The summed E-state index contributed by atoms with van der Waals surface area (Å²) in [6, 6.07) is 11.3. The smallest absolute Gasteiger partial charge is 0.167 e. The number of hydrogen-bond donors (Lipinski definition) is 2. The predicted molar refractivity (Wildman–Crippen MR) is 93.5 cm³/mol. The molecule has 2 rings (SSSR count). The molecule has 0 aromatic heterocycles. The Bertz CT molecular complexity index is 427. The lowest BCUT2D eigenvalue weighted by Crippen LogP contribution is -2.45. The van der Waals surface area contributed by atoms with Gasteiger partial charge in [0.1, 0.15) is 0 Å². The fraction of sp³-hybridized carbons (Fsp3) is 0.588. The average Bonchev–Trinajstić information content (AvgIpc) is 2.48. The SMILES string of the molecule is CN(C)CC(NC(=S)NC1CCCCC1)c1ccccc1. The van der Waals surface area contributed by atoms with Crippen LogP contribution in [0.5, 0.6) is 0 Å². The Kier molecular flexibility index (Phi) is 6.46. The van der Waals surface area contributed by atoms with E-state index in [2.05, 4.69) is 60.0 Å². The van der Waals surface area contributed by atoms with Crippen molar-refractivity contribution in [2.45, 2.75) is 44.2 Å². The highest BCUT2D eigenvalue weighted by molar-refractivity contribution is 7.80. The molecule has 0 heterocycles. The Labute approximate surface area is 134 Å². The quantitative estimate of drug-likeness (QED) is 0.818. The standard InChI is InChI=1S/C17H27N3S/c1-20(2)13-16(14-9-5-3-6-10-14)19-17(21)18-15-11-7-4-8-12-15/h3,5-6,9-10,15-16H,4,7-8,11-13H2,1-2H3,(H2,18,19,21). The molecule has 2 N–H and O–H groups in total. The summed E-state index contributed by atoms with van der Waals surface area (Å²) >= 11 is 5.52. The zero-order chi connectivity index (χ0) is 15.1. The highest BCUT2D eigenvalue weighted by Gasteiger charge is 2.17. The number of hydrogen-bond acceptors (Lipinski definition) is 2. The van der Waals surface area contributed by atoms with Crippen molar-refractivity contribution in [1.29, 1.82) is 0 Å². The second-order valence-electron chi connectivity index (χ2n) is 6.18. The van der Waals surface area contributed by atoms with Gasteiger partial charge >= 0.3 is 0 Å². The lowest BCUT2D eigenvalue weighted by atomic mass is 9.96. The van der Waals surface area contributed by atoms with Gasteiger partial charge in [-0.25, -0.2) is 0 Å². The van der Waals surface area contributed by atoms with Gasteiger partial charge in [-0.2, -0.15) is 0 Å². The van der Waals surface area contributed by atoms with Crippen molar-refractivity contribution < 1.29 is 0 Å². The summed E-state index contributed by atoms with van der Waals surface area (Å²) in [4.78, 5) is 2.19. The number of nitrogens with zero attached hydrogens (tertiary/aromatic N) is 1. The molecule has 1 aliphatic carbocycles. The molecule has 1 aromatic carbocycles. The van der Waals surface area contributed by atoms with Crippen molar-refractivity contribution in [2.24, 2.45) is 0 Å². The second-order valence-corrected chi connectivity index (χ2v) is 6.59. The third kappa shape index (κ3) is 5.64. The molecule has 21 heavy (non-hydrogen) atoms. The summed E-state index contributed by atoms with van der Waals surface area (Å²) in [7, 11) is 4.18. The molecule has 1 fully saturated rings. The van der Waals surface area contributed by atoms with Crippen LogP contribution in [0.25, 0.3) is 0 Å². The van der Waals surface area contributed by atoms with Gasteiger partial charge in [-0.15, -0.1) is 0 Å². The van der Waals surface area contributed by atoms with Gasteiger partial charge in [0.25, 0.3) is 0 Å². The van der Waals surface area contributed by atoms with E-state index in [1.54, 1.807) is 0 Å². The molecular formula is C17H27N3S. The largest absolute Gasteiger partial charge is 0.360 e. The Hall–Kier alpha value is -1.13. The van der Waals surface area contributed by atoms with E-state index in [0.29, 0.717) is 6.04 Å². The van der Waals surface area contributed by atoms with E-state index in [0.717, 1.165) is 11.7 Å². The highest BCUT2D eigenvalue weighted by atomic mass is 32.1. The first kappa shape index (κ1) is 16.2. The minimum Gasteiger partial charge on any atom is -0.360 e. The molecule has 1 atom stereocenters. The van der Waals surface area contributed by atoms with Gasteiger partial charge in [0.15, 0.2) is 5.11 Å². The van der Waals surface area contributed by atoms with E-state index >= 15 is 0 Å². The highest BCUT2D eigenvalue weighted by Crippen LogP contribution is 2.18.